The van der Waals surface area contributed by atoms with E-state index in [0.717, 1.165) is 16.7 Å². The molecule has 2 aliphatic rings. The molecule has 0 bridgehead atoms. The molecule has 176 valence electrons. The number of rotatable bonds is 6. The van der Waals surface area contributed by atoms with Gasteiger partial charge in [-0.15, -0.1) is 0 Å². The van der Waals surface area contributed by atoms with Crippen molar-refractivity contribution in [3.8, 4) is 5.75 Å². The molecule has 1 unspecified atom stereocenters. The average Bonchev–Trinajstić information content (AvgIpc) is 3.12. The Labute approximate surface area is 195 Å². The summed E-state index contributed by atoms with van der Waals surface area (Å²) < 4.78 is 10.2. The number of piperidine rings is 1. The van der Waals surface area contributed by atoms with Crippen LogP contribution in [0.1, 0.15) is 46.8 Å². The Morgan fingerprint density at radius 1 is 1.09 bits per heavy atom. The summed E-state index contributed by atoms with van der Waals surface area (Å²) in [6.45, 7) is 1.83. The van der Waals surface area contributed by atoms with Crippen molar-refractivity contribution in [2.45, 2.75) is 45.5 Å². The van der Waals surface area contributed by atoms with Crippen molar-refractivity contribution in [2.24, 2.45) is 0 Å². The first-order chi connectivity index (χ1) is 16.3. The van der Waals surface area contributed by atoms with Gasteiger partial charge >= 0.3 is 12.1 Å². The van der Waals surface area contributed by atoms with Crippen LogP contribution < -0.4 is 15.4 Å². The molecule has 4 rings (SSSR count). The molecule has 34 heavy (non-hydrogen) atoms. The summed E-state index contributed by atoms with van der Waals surface area (Å²) in [6.07, 6.45) is -0.104. The van der Waals surface area contributed by atoms with Crippen molar-refractivity contribution in [1.82, 2.24) is 15.5 Å². The molecule has 1 fully saturated rings. The van der Waals surface area contributed by atoms with E-state index in [1.54, 1.807) is 36.4 Å². The van der Waals surface area contributed by atoms with Crippen LogP contribution in [0, 0.1) is 0 Å². The van der Waals surface area contributed by atoms with Crippen LogP contribution in [-0.2, 0) is 38.8 Å². The van der Waals surface area contributed by atoms with Crippen LogP contribution in [0.5, 0.6) is 5.75 Å². The number of hydrogen-bond donors (Lipinski definition) is 2. The zero-order valence-electron chi connectivity index (χ0n) is 18.5. The number of imide groups is 1. The van der Waals surface area contributed by atoms with Crippen molar-refractivity contribution in [2.75, 3.05) is 0 Å². The standard InChI is InChI=1S/C24H23N3O7/c1-14(28)34-18-5-2-15(3-6-18)13-33-24(32)25-11-16-4-7-19-17(10-16)12-27(23(19)31)20-8-9-21(29)26-22(20)30/h2-7,10,20H,8-9,11-13H2,1H3,(H,25,32)(H,26,29,30). The monoisotopic (exact) mass is 465 g/mol. The lowest BCUT2D eigenvalue weighted by Crippen LogP contribution is -2.52. The van der Waals surface area contributed by atoms with E-state index in [0.29, 0.717) is 17.7 Å². The molecule has 2 aromatic rings. The number of nitrogens with one attached hydrogen (secondary N) is 2. The number of carbonyl (C=O) groups is 5. The average molecular weight is 465 g/mol. The molecule has 2 heterocycles. The molecule has 2 aliphatic heterocycles. The van der Waals surface area contributed by atoms with Crippen molar-refractivity contribution < 1.29 is 33.4 Å². The molecular formula is C24H23N3O7. The first-order valence-electron chi connectivity index (χ1n) is 10.7. The van der Waals surface area contributed by atoms with Gasteiger partial charge in [0.05, 0.1) is 0 Å². The zero-order valence-corrected chi connectivity index (χ0v) is 18.5. The highest BCUT2D eigenvalue weighted by Crippen LogP contribution is 2.28. The number of hydrogen-bond acceptors (Lipinski definition) is 7. The van der Waals surface area contributed by atoms with Gasteiger partial charge < -0.3 is 19.7 Å². The molecule has 0 aliphatic carbocycles. The molecule has 1 saturated heterocycles. The lowest BCUT2D eigenvalue weighted by atomic mass is 10.0. The van der Waals surface area contributed by atoms with E-state index in [9.17, 15) is 24.0 Å². The second kappa shape index (κ2) is 9.74. The number of benzene rings is 2. The van der Waals surface area contributed by atoms with Gasteiger partial charge in [0.25, 0.3) is 5.91 Å². The summed E-state index contributed by atoms with van der Waals surface area (Å²) in [5.41, 5.74) is 2.78. The molecule has 0 aromatic heterocycles. The fraction of sp³-hybridized carbons (Fsp3) is 0.292. The van der Waals surface area contributed by atoms with Crippen LogP contribution in [0.15, 0.2) is 42.5 Å². The normalized spacial score (nSPS) is 17.1. The van der Waals surface area contributed by atoms with Crippen LogP contribution in [-0.4, -0.2) is 40.7 Å². The minimum atomic E-state index is -0.669. The van der Waals surface area contributed by atoms with E-state index >= 15 is 0 Å². The highest BCUT2D eigenvalue weighted by Gasteiger charge is 2.39. The van der Waals surface area contributed by atoms with Gasteiger partial charge in [-0.05, 0) is 41.3 Å². The predicted molar refractivity (Wildman–Crippen MR) is 117 cm³/mol. The fourth-order valence-electron chi connectivity index (χ4n) is 3.93. The minimum absolute atomic E-state index is 0.0474. The SMILES string of the molecule is CC(=O)Oc1ccc(COC(=O)NCc2ccc3c(c2)CN(C2CCC(=O)NC2=O)C3=O)cc1. The van der Waals surface area contributed by atoms with Gasteiger partial charge in [-0.3, -0.25) is 24.5 Å². The molecule has 0 saturated carbocycles. The maximum atomic E-state index is 12.7. The quantitative estimate of drug-likeness (QED) is 0.378. The Balaban J connectivity index is 1.28. The number of esters is 1. The van der Waals surface area contributed by atoms with Gasteiger partial charge in [0.2, 0.25) is 11.8 Å². The summed E-state index contributed by atoms with van der Waals surface area (Å²) in [6, 6.07) is 11.2. The molecule has 0 radical (unpaired) electrons. The Morgan fingerprint density at radius 2 is 1.82 bits per heavy atom. The lowest BCUT2D eigenvalue weighted by Gasteiger charge is -2.29. The summed E-state index contributed by atoms with van der Waals surface area (Å²) in [7, 11) is 0. The highest BCUT2D eigenvalue weighted by atomic mass is 16.5. The van der Waals surface area contributed by atoms with Gasteiger partial charge in [-0.2, -0.15) is 0 Å². The smallest absolute Gasteiger partial charge is 0.407 e. The fourth-order valence-corrected chi connectivity index (χ4v) is 3.93. The third-order valence-corrected chi connectivity index (χ3v) is 5.58. The molecular weight excluding hydrogens is 442 g/mol. The Bertz CT molecular complexity index is 1160. The van der Waals surface area contributed by atoms with Gasteiger partial charge in [-0.25, -0.2) is 4.79 Å². The van der Waals surface area contributed by atoms with Gasteiger partial charge in [-0.1, -0.05) is 24.3 Å². The summed E-state index contributed by atoms with van der Waals surface area (Å²) >= 11 is 0. The van der Waals surface area contributed by atoms with Crippen molar-refractivity contribution in [1.29, 1.82) is 0 Å². The van der Waals surface area contributed by atoms with Gasteiger partial charge in [0.1, 0.15) is 18.4 Å². The summed E-state index contributed by atoms with van der Waals surface area (Å²) in [5, 5.41) is 4.94. The van der Waals surface area contributed by atoms with Gasteiger partial charge in [0.15, 0.2) is 0 Å². The number of amides is 4. The maximum Gasteiger partial charge on any atom is 0.407 e. The minimum Gasteiger partial charge on any atom is -0.445 e. The first kappa shape index (κ1) is 23.0. The van der Waals surface area contributed by atoms with Crippen LogP contribution >= 0.6 is 0 Å². The molecule has 2 N–H and O–H groups in total. The molecule has 0 spiro atoms. The Morgan fingerprint density at radius 3 is 2.53 bits per heavy atom. The van der Waals surface area contributed by atoms with Crippen LogP contribution in [0.4, 0.5) is 4.79 Å². The predicted octanol–water partition coefficient (Wildman–Crippen LogP) is 1.80. The lowest BCUT2D eigenvalue weighted by molar-refractivity contribution is -0.137. The number of ether oxygens (including phenoxy) is 2. The molecule has 2 aromatic carbocycles. The first-order valence-corrected chi connectivity index (χ1v) is 10.7. The van der Waals surface area contributed by atoms with E-state index in [1.807, 2.05) is 6.07 Å². The molecule has 10 heteroatoms. The Hall–Kier alpha value is -4.21. The van der Waals surface area contributed by atoms with E-state index in [4.69, 9.17) is 9.47 Å². The van der Waals surface area contributed by atoms with E-state index in [-0.39, 0.29) is 37.9 Å². The second-order valence-electron chi connectivity index (χ2n) is 8.06. The zero-order chi connectivity index (χ0) is 24.2. The molecule has 1 atom stereocenters. The molecule has 10 nitrogen and oxygen atoms in total. The summed E-state index contributed by atoms with van der Waals surface area (Å²) in [5.74, 6) is -1.04. The van der Waals surface area contributed by atoms with Crippen molar-refractivity contribution in [3.05, 3.63) is 64.7 Å². The highest BCUT2D eigenvalue weighted by molar-refractivity contribution is 6.05. The van der Waals surface area contributed by atoms with Crippen molar-refractivity contribution >= 4 is 29.8 Å². The van der Waals surface area contributed by atoms with E-state index < -0.39 is 24.0 Å². The molecule has 4 amide bonds. The summed E-state index contributed by atoms with van der Waals surface area (Å²) in [4.78, 5) is 60.8. The van der Waals surface area contributed by atoms with Crippen LogP contribution in [0.25, 0.3) is 0 Å². The third kappa shape index (κ3) is 5.22. The number of fused-ring (bicyclic) bond motifs is 1. The second-order valence-corrected chi connectivity index (χ2v) is 8.06. The van der Waals surface area contributed by atoms with Crippen molar-refractivity contribution in [3.63, 3.8) is 0 Å². The Kier molecular flexibility index (Phi) is 6.58. The topological polar surface area (TPSA) is 131 Å². The van der Waals surface area contributed by atoms with E-state index in [2.05, 4.69) is 10.6 Å². The van der Waals surface area contributed by atoms with E-state index in [1.165, 1.54) is 11.8 Å². The third-order valence-electron chi connectivity index (χ3n) is 5.58. The number of carbonyl (C=O) groups excluding carboxylic acids is 5. The number of nitrogens with zero attached hydrogens (tertiary/aromatic N) is 1. The van der Waals surface area contributed by atoms with Crippen LogP contribution in [0.2, 0.25) is 0 Å². The van der Waals surface area contributed by atoms with Crippen LogP contribution in [0.3, 0.4) is 0 Å². The van der Waals surface area contributed by atoms with Gasteiger partial charge in [0, 0.05) is 32.0 Å². The maximum absolute atomic E-state index is 12.7. The largest absolute Gasteiger partial charge is 0.445 e. The number of alkyl carbamates (subject to hydrolysis) is 1.